The highest BCUT2D eigenvalue weighted by Gasteiger charge is 2.27. The zero-order valence-corrected chi connectivity index (χ0v) is 32.6. The topological polar surface area (TPSA) is 67.3 Å². The van der Waals surface area contributed by atoms with Gasteiger partial charge in [-0.3, -0.25) is 0 Å². The SMILES string of the molecule is Cc1cc(C#N)cc(-c2ccc(-n3c4ccccc4c4ccc5c(c6ccccc6n5C)c43)c(C#N)c2-n2c3ccccc3c3ccc4c(c5ccccc5n4C)c32)c1. The van der Waals surface area contributed by atoms with Gasteiger partial charge in [-0.2, -0.15) is 10.5 Å². The van der Waals surface area contributed by atoms with Gasteiger partial charge in [0.2, 0.25) is 0 Å². The van der Waals surface area contributed by atoms with Gasteiger partial charge in [0.15, 0.2) is 0 Å². The highest BCUT2D eigenvalue weighted by Crippen LogP contribution is 2.46. The summed E-state index contributed by atoms with van der Waals surface area (Å²) in [4.78, 5) is 0. The van der Waals surface area contributed by atoms with E-state index in [2.05, 4.69) is 184 Å². The Hall–Kier alpha value is -8.06. The van der Waals surface area contributed by atoms with Gasteiger partial charge < -0.3 is 18.3 Å². The first-order chi connectivity index (χ1) is 29.0. The molecular formula is C53H34N6. The lowest BCUT2D eigenvalue weighted by Gasteiger charge is -2.21. The zero-order chi connectivity index (χ0) is 39.7. The molecule has 0 unspecified atom stereocenters. The predicted octanol–water partition coefficient (Wildman–Crippen LogP) is 12.9. The van der Waals surface area contributed by atoms with Gasteiger partial charge in [0.1, 0.15) is 11.6 Å². The van der Waals surface area contributed by atoms with E-state index < -0.39 is 0 Å². The minimum atomic E-state index is 0.544. The zero-order valence-electron chi connectivity index (χ0n) is 32.6. The summed E-state index contributed by atoms with van der Waals surface area (Å²) < 4.78 is 9.20. The van der Waals surface area contributed by atoms with Gasteiger partial charge in [-0.05, 0) is 72.6 Å². The maximum atomic E-state index is 11.9. The first-order valence-corrected chi connectivity index (χ1v) is 19.9. The van der Waals surface area contributed by atoms with Crippen molar-refractivity contribution in [3.8, 4) is 34.6 Å². The molecule has 0 saturated heterocycles. The molecule has 6 nitrogen and oxygen atoms in total. The summed E-state index contributed by atoms with van der Waals surface area (Å²) in [5, 5.41) is 31.1. The lowest BCUT2D eigenvalue weighted by Crippen LogP contribution is -2.07. The Morgan fingerprint density at radius 1 is 0.441 bits per heavy atom. The fourth-order valence-electron chi connectivity index (χ4n) is 10.2. The van der Waals surface area contributed by atoms with Crippen LogP contribution in [0.1, 0.15) is 16.7 Å². The number of nitrogens with zero attached hydrogens (tertiary/aromatic N) is 6. The third-order valence-electron chi connectivity index (χ3n) is 12.7. The van der Waals surface area contributed by atoms with Gasteiger partial charge in [-0.1, -0.05) is 97.1 Å². The molecule has 12 rings (SSSR count). The molecule has 0 radical (unpaired) electrons. The number of fused-ring (bicyclic) bond motifs is 14. The summed E-state index contributed by atoms with van der Waals surface area (Å²) in [6, 6.07) is 58.6. The number of aryl methyl sites for hydroxylation is 3. The van der Waals surface area contributed by atoms with E-state index in [1.807, 2.05) is 19.1 Å². The monoisotopic (exact) mass is 754 g/mol. The summed E-state index contributed by atoms with van der Waals surface area (Å²) in [5.74, 6) is 0. The highest BCUT2D eigenvalue weighted by molar-refractivity contribution is 6.27. The molecule has 6 heteroatoms. The molecule has 0 atom stereocenters. The lowest BCUT2D eigenvalue weighted by molar-refractivity contribution is 1.01. The maximum Gasteiger partial charge on any atom is 0.104 e. The van der Waals surface area contributed by atoms with E-state index in [1.54, 1.807) is 0 Å². The van der Waals surface area contributed by atoms with Crippen molar-refractivity contribution in [2.24, 2.45) is 14.1 Å². The van der Waals surface area contributed by atoms with Gasteiger partial charge in [-0.25, -0.2) is 0 Å². The van der Waals surface area contributed by atoms with Crippen LogP contribution in [0.4, 0.5) is 0 Å². The summed E-state index contributed by atoms with van der Waals surface area (Å²) in [7, 11) is 4.26. The smallest absolute Gasteiger partial charge is 0.104 e. The normalized spacial score (nSPS) is 11.9. The lowest BCUT2D eigenvalue weighted by atomic mass is 9.95. The molecule has 0 aliphatic heterocycles. The molecule has 276 valence electrons. The summed E-state index contributed by atoms with van der Waals surface area (Å²) in [5.41, 5.74) is 14.1. The number of nitriles is 2. The van der Waals surface area contributed by atoms with Crippen molar-refractivity contribution < 1.29 is 0 Å². The second kappa shape index (κ2) is 12.0. The molecule has 0 spiro atoms. The van der Waals surface area contributed by atoms with Crippen LogP contribution in [0.25, 0.3) is 110 Å². The number of benzene rings is 8. The Balaban J connectivity index is 1.33. The summed E-state index contributed by atoms with van der Waals surface area (Å²) >= 11 is 0. The second-order valence-corrected chi connectivity index (χ2v) is 15.7. The van der Waals surface area contributed by atoms with Crippen LogP contribution in [-0.2, 0) is 14.1 Å². The van der Waals surface area contributed by atoms with E-state index in [9.17, 15) is 10.5 Å². The molecule has 12 aromatic rings. The molecule has 0 amide bonds. The number of hydrogen-bond acceptors (Lipinski definition) is 2. The molecule has 0 N–H and O–H groups in total. The van der Waals surface area contributed by atoms with Gasteiger partial charge in [-0.15, -0.1) is 0 Å². The van der Waals surface area contributed by atoms with E-state index in [0.717, 1.165) is 110 Å². The highest BCUT2D eigenvalue weighted by atomic mass is 15.0. The molecule has 0 aliphatic carbocycles. The second-order valence-electron chi connectivity index (χ2n) is 15.7. The number of hydrogen-bond donors (Lipinski definition) is 0. The number of aromatic nitrogens is 4. The molecule has 4 aromatic heterocycles. The van der Waals surface area contributed by atoms with Crippen molar-refractivity contribution in [2.45, 2.75) is 6.92 Å². The van der Waals surface area contributed by atoms with E-state index >= 15 is 0 Å². The van der Waals surface area contributed by atoms with Crippen LogP contribution in [0.3, 0.4) is 0 Å². The molecule has 0 aliphatic rings. The van der Waals surface area contributed by atoms with Crippen LogP contribution in [0, 0.1) is 29.6 Å². The average molecular weight is 755 g/mol. The first-order valence-electron chi connectivity index (χ1n) is 19.9. The van der Waals surface area contributed by atoms with Crippen molar-refractivity contribution in [3.63, 3.8) is 0 Å². The number of para-hydroxylation sites is 4. The Morgan fingerprint density at radius 3 is 1.51 bits per heavy atom. The summed E-state index contributed by atoms with van der Waals surface area (Å²) in [6.45, 7) is 2.03. The van der Waals surface area contributed by atoms with E-state index in [0.29, 0.717) is 11.1 Å². The van der Waals surface area contributed by atoms with Gasteiger partial charge in [0.05, 0.1) is 56.1 Å². The van der Waals surface area contributed by atoms with Crippen molar-refractivity contribution in [3.05, 3.63) is 168 Å². The third-order valence-corrected chi connectivity index (χ3v) is 12.7. The number of rotatable bonds is 3. The van der Waals surface area contributed by atoms with Crippen LogP contribution in [0.2, 0.25) is 0 Å². The van der Waals surface area contributed by atoms with Crippen molar-refractivity contribution in [2.75, 3.05) is 0 Å². The molecular weight excluding hydrogens is 721 g/mol. The molecule has 0 bridgehead atoms. The molecule has 0 fully saturated rings. The Bertz CT molecular complexity index is 3910. The van der Waals surface area contributed by atoms with Crippen LogP contribution >= 0.6 is 0 Å². The van der Waals surface area contributed by atoms with Crippen LogP contribution < -0.4 is 0 Å². The largest absolute Gasteiger partial charge is 0.344 e. The van der Waals surface area contributed by atoms with Crippen molar-refractivity contribution >= 4 is 87.2 Å². The minimum absolute atomic E-state index is 0.544. The summed E-state index contributed by atoms with van der Waals surface area (Å²) in [6.07, 6.45) is 0. The molecule has 8 aromatic carbocycles. The molecule has 4 heterocycles. The van der Waals surface area contributed by atoms with Crippen LogP contribution in [0.5, 0.6) is 0 Å². The van der Waals surface area contributed by atoms with E-state index in [4.69, 9.17) is 0 Å². The van der Waals surface area contributed by atoms with Gasteiger partial charge >= 0.3 is 0 Å². The third kappa shape index (κ3) is 4.32. The van der Waals surface area contributed by atoms with Crippen molar-refractivity contribution in [1.29, 1.82) is 10.5 Å². The predicted molar refractivity (Wildman–Crippen MR) is 243 cm³/mol. The fourth-order valence-corrected chi connectivity index (χ4v) is 10.2. The Morgan fingerprint density at radius 2 is 0.949 bits per heavy atom. The van der Waals surface area contributed by atoms with Crippen LogP contribution in [-0.4, -0.2) is 18.3 Å². The fraction of sp³-hybridized carbons (Fsp3) is 0.0566. The minimum Gasteiger partial charge on any atom is -0.344 e. The Kier molecular flexibility index (Phi) is 6.72. The molecule has 59 heavy (non-hydrogen) atoms. The van der Waals surface area contributed by atoms with Gasteiger partial charge in [0, 0.05) is 73.8 Å². The van der Waals surface area contributed by atoms with E-state index in [1.165, 1.54) is 5.39 Å². The van der Waals surface area contributed by atoms with E-state index in [-0.39, 0.29) is 0 Å². The maximum absolute atomic E-state index is 11.9. The quantitative estimate of drug-likeness (QED) is 0.180. The van der Waals surface area contributed by atoms with Crippen LogP contribution in [0.15, 0.2) is 152 Å². The standard InChI is InChI=1S/C53H34N6/c1-31-26-32(29-54)28-33(27-31)34-20-23-46(58-44-18-10-4-12-35(44)37-21-24-47-49(52(37)58)39-14-6-8-16-42(39)56(47)2)41(30-55)51(34)59-45-19-11-5-13-36(45)38-22-25-48-50(53(38)59)40-15-7-9-17-43(40)57(48)3/h4-28H,1-3H3. The Labute approximate surface area is 338 Å². The first kappa shape index (κ1) is 33.1. The van der Waals surface area contributed by atoms with Crippen molar-refractivity contribution in [1.82, 2.24) is 18.3 Å². The molecule has 0 saturated carbocycles. The van der Waals surface area contributed by atoms with Gasteiger partial charge in [0.25, 0.3) is 0 Å². The average Bonchev–Trinajstić information content (AvgIpc) is 3.98.